The molecule has 2 aromatic rings. The highest BCUT2D eigenvalue weighted by Gasteiger charge is 1.97. The molecule has 0 spiro atoms. The van der Waals surface area contributed by atoms with E-state index in [0.29, 0.717) is 21.4 Å². The minimum atomic E-state index is 0.161. The molecule has 0 aliphatic carbocycles. The Balaban J connectivity index is 2.98. The summed E-state index contributed by atoms with van der Waals surface area (Å²) in [6.45, 7) is 0. The number of rotatable bonds is 0. The Morgan fingerprint density at radius 2 is 2.08 bits per heavy atom. The van der Waals surface area contributed by atoms with Crippen LogP contribution in [-0.2, 0) is 11.3 Å². The third-order valence-corrected chi connectivity index (χ3v) is 2.24. The molecule has 66 valence electrons. The summed E-state index contributed by atoms with van der Waals surface area (Å²) in [5, 5.41) is 10.3. The van der Waals surface area contributed by atoms with Gasteiger partial charge in [-0.3, -0.25) is 0 Å². The van der Waals surface area contributed by atoms with Crippen molar-refractivity contribution in [2.24, 2.45) is 0 Å². The van der Waals surface area contributed by atoms with Crippen molar-refractivity contribution in [1.29, 1.82) is 0 Å². The second kappa shape index (κ2) is 3.06. The molecule has 2 N–H and O–H groups in total. The first-order valence-electron chi connectivity index (χ1n) is 3.75. The van der Waals surface area contributed by atoms with Gasteiger partial charge >= 0.3 is 0 Å². The lowest BCUT2D eigenvalue weighted by Crippen LogP contribution is -1.80. The van der Waals surface area contributed by atoms with E-state index in [1.54, 1.807) is 24.3 Å². The predicted molar refractivity (Wildman–Crippen MR) is 51.3 cm³/mol. The van der Waals surface area contributed by atoms with Gasteiger partial charge in [-0.25, -0.2) is 4.21 Å². The van der Waals surface area contributed by atoms with Crippen molar-refractivity contribution >= 4 is 22.2 Å². The van der Waals surface area contributed by atoms with Crippen molar-refractivity contribution in [3.63, 3.8) is 0 Å². The fourth-order valence-corrected chi connectivity index (χ4v) is 1.48. The largest absolute Gasteiger partial charge is 0.506 e. The maximum Gasteiger partial charge on any atom is 0.139 e. The maximum absolute atomic E-state index is 10.5. The summed E-state index contributed by atoms with van der Waals surface area (Å²) in [6.07, 6.45) is 0. The predicted octanol–water partition coefficient (Wildman–Crippen LogP) is 1.62. The van der Waals surface area contributed by atoms with Crippen LogP contribution in [0.2, 0.25) is 0 Å². The number of phenols is 1. The SMILES string of the molecule is O=S=c1ccc2cccc(O)c2[nH]1. The summed E-state index contributed by atoms with van der Waals surface area (Å²) in [4.78, 5) is 2.85. The fraction of sp³-hybridized carbons (Fsp3) is 0. The lowest BCUT2D eigenvalue weighted by Gasteiger charge is -1.98. The van der Waals surface area contributed by atoms with E-state index >= 15 is 0 Å². The van der Waals surface area contributed by atoms with Crippen molar-refractivity contribution in [3.05, 3.63) is 35.0 Å². The highest BCUT2D eigenvalue weighted by atomic mass is 32.1. The van der Waals surface area contributed by atoms with Crippen LogP contribution in [0.25, 0.3) is 10.9 Å². The van der Waals surface area contributed by atoms with Crippen molar-refractivity contribution in [2.45, 2.75) is 0 Å². The molecule has 0 atom stereocenters. The van der Waals surface area contributed by atoms with E-state index in [4.69, 9.17) is 0 Å². The normalized spacial score (nSPS) is 10.2. The van der Waals surface area contributed by atoms with Gasteiger partial charge in [0.1, 0.15) is 21.6 Å². The molecule has 13 heavy (non-hydrogen) atoms. The van der Waals surface area contributed by atoms with Crippen LogP contribution < -0.4 is 0 Å². The quantitative estimate of drug-likeness (QED) is 0.624. The van der Waals surface area contributed by atoms with Crippen LogP contribution in [0.5, 0.6) is 5.75 Å². The number of hydrogen-bond acceptors (Lipinski definition) is 2. The van der Waals surface area contributed by atoms with E-state index < -0.39 is 0 Å². The van der Waals surface area contributed by atoms with Crippen molar-refractivity contribution in [3.8, 4) is 5.75 Å². The van der Waals surface area contributed by atoms with E-state index in [9.17, 15) is 9.32 Å². The molecule has 1 aromatic carbocycles. The molecule has 4 heteroatoms. The monoisotopic (exact) mass is 193 g/mol. The van der Waals surface area contributed by atoms with E-state index in [2.05, 4.69) is 4.98 Å². The Hall–Kier alpha value is -1.55. The molecule has 0 saturated carbocycles. The summed E-state index contributed by atoms with van der Waals surface area (Å²) < 4.78 is 11.0. The van der Waals surface area contributed by atoms with Gasteiger partial charge in [-0.1, -0.05) is 12.1 Å². The lowest BCUT2D eigenvalue weighted by molar-refractivity contribution is 0.480. The van der Waals surface area contributed by atoms with Crippen molar-refractivity contribution in [1.82, 2.24) is 4.98 Å². The number of aromatic nitrogens is 1. The fourth-order valence-electron chi connectivity index (χ4n) is 1.21. The second-order valence-corrected chi connectivity index (χ2v) is 3.25. The minimum Gasteiger partial charge on any atom is -0.506 e. The number of pyridine rings is 1. The van der Waals surface area contributed by atoms with Crippen LogP contribution in [0.3, 0.4) is 0 Å². The zero-order valence-electron chi connectivity index (χ0n) is 6.65. The van der Waals surface area contributed by atoms with Crippen LogP contribution in [0.15, 0.2) is 30.3 Å². The first-order valence-corrected chi connectivity index (χ1v) is 4.49. The molecule has 0 bridgehead atoms. The molecule has 1 heterocycles. The van der Waals surface area contributed by atoms with Gasteiger partial charge in [-0.15, -0.1) is 0 Å². The summed E-state index contributed by atoms with van der Waals surface area (Å²) >= 11 is 0.376. The number of H-pyrrole nitrogens is 1. The molecule has 3 nitrogen and oxygen atoms in total. The molecule has 0 radical (unpaired) electrons. The third-order valence-electron chi connectivity index (χ3n) is 1.83. The molecule has 0 amide bonds. The van der Waals surface area contributed by atoms with Gasteiger partial charge in [-0.05, 0) is 18.2 Å². The number of fused-ring (bicyclic) bond motifs is 1. The number of aromatic amines is 1. The van der Waals surface area contributed by atoms with Crippen LogP contribution in [0.1, 0.15) is 0 Å². The zero-order chi connectivity index (χ0) is 9.26. The van der Waals surface area contributed by atoms with Gasteiger partial charge in [0.25, 0.3) is 0 Å². The molecule has 0 aliphatic rings. The number of phenolic OH excluding ortho intramolecular Hbond substituents is 1. The number of hydrogen-bond donors (Lipinski definition) is 2. The van der Waals surface area contributed by atoms with Crippen molar-refractivity contribution in [2.75, 3.05) is 0 Å². The van der Waals surface area contributed by atoms with Gasteiger partial charge in [-0.2, -0.15) is 0 Å². The summed E-state index contributed by atoms with van der Waals surface area (Å²) in [7, 11) is 0. The van der Waals surface area contributed by atoms with Crippen LogP contribution in [0.4, 0.5) is 0 Å². The van der Waals surface area contributed by atoms with E-state index in [0.717, 1.165) is 5.39 Å². The first kappa shape index (κ1) is 8.07. The third kappa shape index (κ3) is 1.36. The maximum atomic E-state index is 10.5. The second-order valence-electron chi connectivity index (χ2n) is 2.65. The highest BCUT2D eigenvalue weighted by Crippen LogP contribution is 2.20. The summed E-state index contributed by atoms with van der Waals surface area (Å²) in [6, 6.07) is 8.70. The molecule has 0 aliphatic heterocycles. The average molecular weight is 193 g/mol. The minimum absolute atomic E-state index is 0.161. The van der Waals surface area contributed by atoms with Crippen molar-refractivity contribution < 1.29 is 9.32 Å². The molecule has 2 rings (SSSR count). The topological polar surface area (TPSA) is 53.1 Å². The molecule has 0 saturated heterocycles. The zero-order valence-corrected chi connectivity index (χ0v) is 7.47. The lowest BCUT2D eigenvalue weighted by atomic mass is 10.2. The Morgan fingerprint density at radius 3 is 2.85 bits per heavy atom. The van der Waals surface area contributed by atoms with Gasteiger partial charge < -0.3 is 10.1 Å². The number of nitrogens with one attached hydrogen (secondary N) is 1. The molecule has 0 fully saturated rings. The van der Waals surface area contributed by atoms with E-state index in [1.165, 1.54) is 0 Å². The standard InChI is InChI=1S/C9H7NO2S/c11-7-3-1-2-6-4-5-8(13-12)10-9(6)7/h1-5,10-11H. The first-order chi connectivity index (χ1) is 6.31. The average Bonchev–Trinajstić information content (AvgIpc) is 2.18. The molecule has 0 unspecified atom stereocenters. The highest BCUT2D eigenvalue weighted by molar-refractivity contribution is 7.56. The van der Waals surface area contributed by atoms with Gasteiger partial charge in [0.05, 0.1) is 5.52 Å². The van der Waals surface area contributed by atoms with Crippen LogP contribution in [0, 0.1) is 4.64 Å². The Kier molecular flexibility index (Phi) is 1.90. The Morgan fingerprint density at radius 1 is 1.23 bits per heavy atom. The summed E-state index contributed by atoms with van der Waals surface area (Å²) in [5.41, 5.74) is 0.600. The number of para-hydroxylation sites is 1. The Bertz CT molecular complexity index is 541. The van der Waals surface area contributed by atoms with Gasteiger partial charge in [0.15, 0.2) is 0 Å². The molecular weight excluding hydrogens is 186 g/mol. The molecular formula is C9H7NO2S. The number of benzene rings is 1. The van der Waals surface area contributed by atoms with Gasteiger partial charge in [0, 0.05) is 5.39 Å². The van der Waals surface area contributed by atoms with Crippen LogP contribution >= 0.6 is 0 Å². The smallest absolute Gasteiger partial charge is 0.139 e. The van der Waals surface area contributed by atoms with E-state index in [-0.39, 0.29) is 5.75 Å². The molecule has 1 aromatic heterocycles. The number of aromatic hydroxyl groups is 1. The van der Waals surface area contributed by atoms with Gasteiger partial charge in [0.2, 0.25) is 0 Å². The Labute approximate surface area is 77.7 Å². The summed E-state index contributed by atoms with van der Waals surface area (Å²) in [5.74, 6) is 0.161. The van der Waals surface area contributed by atoms with Crippen LogP contribution in [-0.4, -0.2) is 14.3 Å². The van der Waals surface area contributed by atoms with E-state index in [1.807, 2.05) is 6.07 Å².